The second-order valence-electron chi connectivity index (χ2n) is 7.24. The second kappa shape index (κ2) is 11.1. The third-order valence-corrected chi connectivity index (χ3v) is 5.07. The summed E-state index contributed by atoms with van der Waals surface area (Å²) in [6.45, 7) is 3.64. The van der Waals surface area contributed by atoms with Crippen LogP contribution < -0.4 is 20.1 Å². The molecule has 0 saturated carbocycles. The van der Waals surface area contributed by atoms with Gasteiger partial charge in [0, 0.05) is 30.9 Å². The van der Waals surface area contributed by atoms with Crippen molar-refractivity contribution >= 4 is 23.7 Å². The molecule has 2 aromatic carbocycles. The maximum atomic E-state index is 12.4. The van der Waals surface area contributed by atoms with E-state index in [1.54, 1.807) is 18.1 Å². The van der Waals surface area contributed by atoms with E-state index in [1.807, 2.05) is 55.5 Å². The lowest BCUT2D eigenvalue weighted by atomic mass is 10.1. The summed E-state index contributed by atoms with van der Waals surface area (Å²) in [5.41, 5.74) is 1.63. The molecule has 0 bridgehead atoms. The van der Waals surface area contributed by atoms with Crippen LogP contribution in [0.2, 0.25) is 0 Å². The Bertz CT molecular complexity index is 906. The number of methoxy groups -OCH3 is 1. The fourth-order valence-electron chi connectivity index (χ4n) is 3.44. The number of urea groups is 1. The molecule has 2 aromatic rings. The van der Waals surface area contributed by atoms with Crippen LogP contribution in [0.1, 0.15) is 25.3 Å². The van der Waals surface area contributed by atoms with Crippen LogP contribution >= 0.6 is 0 Å². The molecule has 2 N–H and O–H groups in total. The summed E-state index contributed by atoms with van der Waals surface area (Å²) in [5, 5.41) is 5.92. The minimum Gasteiger partial charge on any atom is -0.493 e. The highest BCUT2D eigenvalue weighted by atomic mass is 16.5. The summed E-state index contributed by atoms with van der Waals surface area (Å²) in [7, 11) is 1.59. The van der Waals surface area contributed by atoms with Crippen molar-refractivity contribution in [2.24, 2.45) is 0 Å². The summed E-state index contributed by atoms with van der Waals surface area (Å²) in [6.07, 6.45) is 4.71. The normalized spacial score (nSPS) is 14.3. The van der Waals surface area contributed by atoms with Crippen molar-refractivity contribution < 1.29 is 19.1 Å². The number of nitrogens with zero attached hydrogens (tertiary/aromatic N) is 1. The molecule has 0 radical (unpaired) electrons. The zero-order valence-electron chi connectivity index (χ0n) is 18.0. The van der Waals surface area contributed by atoms with Gasteiger partial charge in [0.1, 0.15) is 0 Å². The molecule has 31 heavy (non-hydrogen) atoms. The van der Waals surface area contributed by atoms with Gasteiger partial charge in [-0.1, -0.05) is 24.3 Å². The molecule has 0 aromatic heterocycles. The highest BCUT2D eigenvalue weighted by Gasteiger charge is 2.23. The Labute approximate surface area is 183 Å². The molecular weight excluding hydrogens is 394 g/mol. The first-order valence-electron chi connectivity index (χ1n) is 10.5. The Balaban J connectivity index is 1.46. The molecule has 7 nitrogen and oxygen atoms in total. The Morgan fingerprint density at radius 2 is 1.84 bits per heavy atom. The Morgan fingerprint density at radius 1 is 1.10 bits per heavy atom. The van der Waals surface area contributed by atoms with Gasteiger partial charge in [-0.3, -0.25) is 4.79 Å². The molecule has 0 spiro atoms. The number of hydrogen-bond acceptors (Lipinski definition) is 4. The minimum atomic E-state index is -0.152. The van der Waals surface area contributed by atoms with E-state index in [4.69, 9.17) is 9.47 Å². The number of nitrogens with one attached hydrogen (secondary N) is 2. The second-order valence-corrected chi connectivity index (χ2v) is 7.24. The van der Waals surface area contributed by atoms with Crippen LogP contribution in [-0.2, 0) is 4.79 Å². The molecular formula is C24H29N3O4. The molecule has 1 aliphatic rings. The lowest BCUT2D eigenvalue weighted by Gasteiger charge is -2.32. The number of ether oxygens (including phenoxy) is 2. The van der Waals surface area contributed by atoms with Crippen LogP contribution in [-0.4, -0.2) is 49.7 Å². The third kappa shape index (κ3) is 6.50. The van der Waals surface area contributed by atoms with Gasteiger partial charge in [-0.15, -0.1) is 0 Å². The molecule has 1 aliphatic heterocycles. The summed E-state index contributed by atoms with van der Waals surface area (Å²) in [6, 6.07) is 14.9. The van der Waals surface area contributed by atoms with Gasteiger partial charge in [0.15, 0.2) is 11.5 Å². The van der Waals surface area contributed by atoms with E-state index in [0.29, 0.717) is 31.2 Å². The quantitative estimate of drug-likeness (QED) is 0.662. The van der Waals surface area contributed by atoms with Gasteiger partial charge in [-0.25, -0.2) is 4.79 Å². The van der Waals surface area contributed by atoms with Crippen molar-refractivity contribution in [3.05, 3.63) is 60.2 Å². The predicted octanol–water partition coefficient (Wildman–Crippen LogP) is 3.92. The van der Waals surface area contributed by atoms with E-state index >= 15 is 0 Å². The van der Waals surface area contributed by atoms with Crippen LogP contribution in [0.15, 0.2) is 54.6 Å². The third-order valence-electron chi connectivity index (χ3n) is 5.07. The van der Waals surface area contributed by atoms with Gasteiger partial charge < -0.3 is 25.0 Å². The van der Waals surface area contributed by atoms with Crippen molar-refractivity contribution in [2.45, 2.75) is 25.8 Å². The molecule has 0 atom stereocenters. The van der Waals surface area contributed by atoms with Gasteiger partial charge >= 0.3 is 6.03 Å². The molecule has 0 unspecified atom stereocenters. The summed E-state index contributed by atoms with van der Waals surface area (Å²) < 4.78 is 10.8. The maximum Gasteiger partial charge on any atom is 0.321 e. The number of likely N-dealkylation sites (tertiary alicyclic amines) is 1. The number of amides is 3. The molecule has 1 saturated heterocycles. The number of carbonyl (C=O) groups is 2. The van der Waals surface area contributed by atoms with E-state index < -0.39 is 0 Å². The van der Waals surface area contributed by atoms with Crippen molar-refractivity contribution in [1.29, 1.82) is 0 Å². The van der Waals surface area contributed by atoms with Crippen LogP contribution in [0.5, 0.6) is 11.5 Å². The van der Waals surface area contributed by atoms with Crippen molar-refractivity contribution in [3.8, 4) is 11.5 Å². The van der Waals surface area contributed by atoms with Crippen LogP contribution in [0.25, 0.3) is 6.08 Å². The van der Waals surface area contributed by atoms with Gasteiger partial charge in [-0.2, -0.15) is 0 Å². The summed E-state index contributed by atoms with van der Waals surface area (Å²) >= 11 is 0. The predicted molar refractivity (Wildman–Crippen MR) is 121 cm³/mol. The van der Waals surface area contributed by atoms with Crippen LogP contribution in [0.3, 0.4) is 0 Å². The monoisotopic (exact) mass is 423 g/mol. The Hall–Kier alpha value is -3.48. The highest BCUT2D eigenvalue weighted by molar-refractivity contribution is 5.92. The van der Waals surface area contributed by atoms with E-state index in [9.17, 15) is 9.59 Å². The molecule has 1 fully saturated rings. The fourth-order valence-corrected chi connectivity index (χ4v) is 3.44. The van der Waals surface area contributed by atoms with Gasteiger partial charge in [0.25, 0.3) is 0 Å². The minimum absolute atomic E-state index is 0.0489. The zero-order valence-corrected chi connectivity index (χ0v) is 18.0. The van der Waals surface area contributed by atoms with Crippen LogP contribution in [0.4, 0.5) is 10.5 Å². The van der Waals surface area contributed by atoms with Crippen molar-refractivity contribution in [2.75, 3.05) is 32.1 Å². The van der Waals surface area contributed by atoms with E-state index in [1.165, 1.54) is 6.08 Å². The number of anilines is 1. The van der Waals surface area contributed by atoms with E-state index in [-0.39, 0.29) is 18.0 Å². The Morgan fingerprint density at radius 3 is 2.52 bits per heavy atom. The number of benzene rings is 2. The number of para-hydroxylation sites is 1. The van der Waals surface area contributed by atoms with E-state index in [0.717, 1.165) is 24.1 Å². The zero-order chi connectivity index (χ0) is 22.1. The number of piperidine rings is 1. The summed E-state index contributed by atoms with van der Waals surface area (Å²) in [5.74, 6) is 1.15. The highest BCUT2D eigenvalue weighted by Crippen LogP contribution is 2.28. The summed E-state index contributed by atoms with van der Waals surface area (Å²) in [4.78, 5) is 26.5. The largest absolute Gasteiger partial charge is 0.493 e. The van der Waals surface area contributed by atoms with Crippen molar-refractivity contribution in [1.82, 2.24) is 10.2 Å². The molecule has 164 valence electrons. The average molecular weight is 424 g/mol. The SMILES string of the molecule is CCOc1cc(/C=C/C(=O)NC2CCN(C(=O)Nc3ccccc3)CC2)ccc1OC. The number of rotatable bonds is 7. The van der Waals surface area contributed by atoms with Crippen LogP contribution in [0, 0.1) is 0 Å². The standard InChI is InChI=1S/C24H29N3O4/c1-3-31-22-17-18(9-11-21(22)30-2)10-12-23(28)25-20-13-15-27(16-14-20)24(29)26-19-7-5-4-6-8-19/h4-12,17,20H,3,13-16H2,1-2H3,(H,25,28)(H,26,29)/b12-10+. The molecule has 3 rings (SSSR count). The lowest BCUT2D eigenvalue weighted by molar-refractivity contribution is -0.117. The molecule has 7 heteroatoms. The Kier molecular flexibility index (Phi) is 7.92. The smallest absolute Gasteiger partial charge is 0.321 e. The first-order valence-corrected chi connectivity index (χ1v) is 10.5. The molecule has 3 amide bonds. The first kappa shape index (κ1) is 22.2. The lowest BCUT2D eigenvalue weighted by Crippen LogP contribution is -2.47. The maximum absolute atomic E-state index is 12.4. The molecule has 0 aliphatic carbocycles. The molecule has 1 heterocycles. The average Bonchev–Trinajstić information content (AvgIpc) is 2.79. The van der Waals surface area contributed by atoms with E-state index in [2.05, 4.69) is 10.6 Å². The number of hydrogen-bond donors (Lipinski definition) is 2. The van der Waals surface area contributed by atoms with Gasteiger partial charge in [-0.05, 0) is 55.7 Å². The van der Waals surface area contributed by atoms with Gasteiger partial charge in [0.2, 0.25) is 5.91 Å². The van der Waals surface area contributed by atoms with Crippen molar-refractivity contribution in [3.63, 3.8) is 0 Å². The fraction of sp³-hybridized carbons (Fsp3) is 0.333. The van der Waals surface area contributed by atoms with Gasteiger partial charge in [0.05, 0.1) is 13.7 Å². The first-order chi connectivity index (χ1) is 15.1. The topological polar surface area (TPSA) is 79.9 Å². The number of carbonyl (C=O) groups excluding carboxylic acids is 2.